The van der Waals surface area contributed by atoms with Gasteiger partial charge in [0.15, 0.2) is 12.4 Å². The number of aliphatic carboxylic acids is 1. The van der Waals surface area contributed by atoms with Crippen LogP contribution in [0.2, 0.25) is 0 Å². The normalized spacial score (nSPS) is 13.3. The van der Waals surface area contributed by atoms with Gasteiger partial charge < -0.3 is 33.3 Å². The molecule has 0 amide bonds. The zero-order valence-electron chi connectivity index (χ0n) is 66.5. The fourth-order valence-corrected chi connectivity index (χ4v) is 12.0. The molecule has 0 rings (SSSR count). The highest BCUT2D eigenvalue weighted by molar-refractivity contribution is 5.70. The number of carboxylic acid groups (broad SMARTS) is 1. The van der Waals surface area contributed by atoms with Crippen LogP contribution in [0, 0.1) is 0 Å². The van der Waals surface area contributed by atoms with Gasteiger partial charge in [0, 0.05) is 12.8 Å². The van der Waals surface area contributed by atoms with Gasteiger partial charge in [0.25, 0.3) is 0 Å². The molecule has 0 aromatic carbocycles. The van der Waals surface area contributed by atoms with Crippen molar-refractivity contribution in [3.05, 3.63) is 134 Å². The van der Waals surface area contributed by atoms with Crippen LogP contribution in [0.15, 0.2) is 134 Å². The fraction of sp³-hybridized carbons (Fsp3) is 0.728. The average molecular weight is 1410 g/mol. The maximum absolute atomic E-state index is 13.0. The smallest absolute Gasteiger partial charge is 0.306 e. The summed E-state index contributed by atoms with van der Waals surface area (Å²) in [5.41, 5.74) is 0. The third-order valence-corrected chi connectivity index (χ3v) is 18.4. The summed E-state index contributed by atoms with van der Waals surface area (Å²) < 4.78 is 22.9. The van der Waals surface area contributed by atoms with Crippen molar-refractivity contribution < 1.29 is 42.9 Å². The number of hydrogen-bond acceptors (Lipinski definition) is 8. The number of esters is 2. The van der Waals surface area contributed by atoms with Crippen LogP contribution >= 0.6 is 0 Å². The van der Waals surface area contributed by atoms with E-state index < -0.39 is 24.3 Å². The van der Waals surface area contributed by atoms with Crippen molar-refractivity contribution in [1.29, 1.82) is 0 Å². The minimum Gasteiger partial charge on any atom is -0.545 e. The zero-order valence-corrected chi connectivity index (χ0v) is 66.5. The number of hydrogen-bond donors (Lipinski definition) is 0. The summed E-state index contributed by atoms with van der Waals surface area (Å²) in [6.45, 7) is 4.56. The molecule has 0 spiro atoms. The van der Waals surface area contributed by atoms with E-state index >= 15 is 0 Å². The number of unbranched alkanes of at least 4 members (excludes halogenated alkanes) is 41. The second kappa shape index (κ2) is 81.1. The van der Waals surface area contributed by atoms with Crippen molar-refractivity contribution in [1.82, 2.24) is 0 Å². The number of carbonyl (C=O) groups excluding carboxylic acids is 3. The van der Waals surface area contributed by atoms with Crippen molar-refractivity contribution >= 4 is 17.9 Å². The molecule has 0 aliphatic heterocycles. The molecule has 2 unspecified atom stereocenters. The van der Waals surface area contributed by atoms with E-state index in [4.69, 9.17) is 18.9 Å². The minimum atomic E-state index is -1.63. The lowest BCUT2D eigenvalue weighted by Crippen LogP contribution is -2.44. The molecule has 580 valence electrons. The summed E-state index contributed by atoms with van der Waals surface area (Å²) in [7, 11) is 5.95. The lowest BCUT2D eigenvalue weighted by atomic mass is 10.0. The first-order valence-corrected chi connectivity index (χ1v) is 42.3. The molecule has 0 radical (unpaired) electrons. The van der Waals surface area contributed by atoms with Crippen molar-refractivity contribution in [2.45, 2.75) is 386 Å². The van der Waals surface area contributed by atoms with E-state index in [2.05, 4.69) is 148 Å². The molecule has 0 saturated heterocycles. The summed E-state index contributed by atoms with van der Waals surface area (Å²) >= 11 is 0. The molecule has 0 N–H and O–H groups in total. The van der Waals surface area contributed by atoms with Crippen LogP contribution in [-0.2, 0) is 33.3 Å². The second-order valence-corrected chi connectivity index (χ2v) is 29.4. The summed E-state index contributed by atoms with van der Waals surface area (Å²) in [5.74, 6) is -2.26. The van der Waals surface area contributed by atoms with Gasteiger partial charge in [-0.15, -0.1) is 0 Å². The van der Waals surface area contributed by atoms with Gasteiger partial charge >= 0.3 is 11.9 Å². The van der Waals surface area contributed by atoms with Crippen LogP contribution in [0.4, 0.5) is 0 Å². The predicted octanol–water partition coefficient (Wildman–Crippen LogP) is 26.3. The molecule has 0 bridgehead atoms. The van der Waals surface area contributed by atoms with E-state index in [1.54, 1.807) is 0 Å². The Bertz CT molecular complexity index is 2130. The summed E-state index contributed by atoms with van der Waals surface area (Å²) in [6, 6.07) is 0. The van der Waals surface area contributed by atoms with Crippen LogP contribution in [0.1, 0.15) is 373 Å². The van der Waals surface area contributed by atoms with E-state index in [0.717, 1.165) is 103 Å². The van der Waals surface area contributed by atoms with Gasteiger partial charge in [-0.1, -0.05) is 385 Å². The quantitative estimate of drug-likeness (QED) is 0.0195. The molecule has 0 aliphatic carbocycles. The van der Waals surface area contributed by atoms with Crippen LogP contribution in [-0.4, -0.2) is 82.3 Å². The third-order valence-electron chi connectivity index (χ3n) is 18.4. The second-order valence-electron chi connectivity index (χ2n) is 29.4. The maximum atomic E-state index is 13.0. The number of quaternary nitrogens is 1. The Morgan fingerprint density at radius 3 is 0.792 bits per heavy atom. The monoisotopic (exact) mass is 1410 g/mol. The van der Waals surface area contributed by atoms with Crippen molar-refractivity contribution in [2.24, 2.45) is 0 Å². The molecule has 0 aromatic heterocycles. The van der Waals surface area contributed by atoms with E-state index in [0.29, 0.717) is 23.9 Å². The van der Waals surface area contributed by atoms with E-state index in [-0.39, 0.29) is 32.2 Å². The molecule has 9 nitrogen and oxygen atoms in total. The molecular weight excluding hydrogens is 1250 g/mol. The highest BCUT2D eigenvalue weighted by Crippen LogP contribution is 2.19. The van der Waals surface area contributed by atoms with Crippen LogP contribution in [0.5, 0.6) is 0 Å². The van der Waals surface area contributed by atoms with Gasteiger partial charge in [-0.3, -0.25) is 9.59 Å². The first-order valence-electron chi connectivity index (χ1n) is 42.3. The molecule has 101 heavy (non-hydrogen) atoms. The van der Waals surface area contributed by atoms with Crippen LogP contribution in [0.25, 0.3) is 0 Å². The Morgan fingerprint density at radius 1 is 0.297 bits per heavy atom. The first kappa shape index (κ1) is 96.4. The SMILES string of the molecule is CC/C=C\C/C=C\C/C=C\C/C=C\C/C=C\C/C=C\CCCCCCCCCCCCCCCCCCCCC(=O)OC(COC(=O)CCCCCCCCCCCCCCCCCCCCCCCCC/C=C\C/C=C\C/C=C\C/C=C\C/C=C\CC)COC(OCC[N+](C)(C)C)C(=O)[O-]. The van der Waals surface area contributed by atoms with Crippen LogP contribution < -0.4 is 5.11 Å². The van der Waals surface area contributed by atoms with E-state index in [9.17, 15) is 19.5 Å². The Kier molecular flexibility index (Phi) is 77.4. The van der Waals surface area contributed by atoms with E-state index in [1.807, 2.05) is 21.1 Å². The van der Waals surface area contributed by atoms with Crippen molar-refractivity contribution in [2.75, 3.05) is 47.5 Å². The Labute approximate surface area is 624 Å². The minimum absolute atomic E-state index is 0.146. The molecule has 0 aliphatic rings. The highest BCUT2D eigenvalue weighted by atomic mass is 16.7. The Morgan fingerprint density at radius 2 is 0.535 bits per heavy atom. The largest absolute Gasteiger partial charge is 0.545 e. The predicted molar refractivity (Wildman–Crippen MR) is 435 cm³/mol. The fourth-order valence-electron chi connectivity index (χ4n) is 12.0. The molecule has 0 saturated carbocycles. The van der Waals surface area contributed by atoms with Gasteiger partial charge in [0.2, 0.25) is 0 Å². The molecule has 0 heterocycles. The summed E-state index contributed by atoms with van der Waals surface area (Å²) in [6.07, 6.45) is 114. The van der Waals surface area contributed by atoms with Gasteiger partial charge in [-0.2, -0.15) is 0 Å². The van der Waals surface area contributed by atoms with Crippen LogP contribution in [0.3, 0.4) is 0 Å². The molecule has 9 heteroatoms. The lowest BCUT2D eigenvalue weighted by Gasteiger charge is -2.26. The Balaban J connectivity index is 3.97. The van der Waals surface area contributed by atoms with E-state index in [1.165, 1.54) is 238 Å². The van der Waals surface area contributed by atoms with Gasteiger partial charge in [-0.25, -0.2) is 0 Å². The first-order chi connectivity index (χ1) is 49.6. The number of carboxylic acids is 1. The molecule has 2 atom stereocenters. The van der Waals surface area contributed by atoms with Gasteiger partial charge in [0.05, 0.1) is 40.3 Å². The number of carbonyl (C=O) groups is 3. The number of rotatable bonds is 78. The third kappa shape index (κ3) is 82.6. The highest BCUT2D eigenvalue weighted by Gasteiger charge is 2.22. The number of ether oxygens (including phenoxy) is 4. The molecular formula is C92H159NO8. The van der Waals surface area contributed by atoms with Crippen molar-refractivity contribution in [3.63, 3.8) is 0 Å². The number of likely N-dealkylation sites (N-methyl/N-ethyl adjacent to an activating group) is 1. The lowest BCUT2D eigenvalue weighted by molar-refractivity contribution is -0.870. The topological polar surface area (TPSA) is 111 Å². The molecule has 0 aromatic rings. The summed E-state index contributed by atoms with van der Waals surface area (Å²) in [5, 5.41) is 11.9. The standard InChI is InChI=1S/C92H159NO8/c1-6-8-10-12-14-16-18-20-22-24-26-28-30-32-34-36-38-40-42-44-45-47-48-50-52-54-56-58-60-62-64-66-68-70-72-74-76-78-80-82-89(94)99-86-88(87-100-92(91(96)97)98-85-84-93(3,4)5)101-90(95)83-81-79-77-75-73-71-69-67-65-63-61-59-57-55-53-51-49-46-43-41-39-37-35-33-31-29-27-25-23-21-19-17-15-13-11-9-7-2/h8-11,14-17,20-23,26-29,32-35,39,41,88,92H,6-7,12-13,18-19,24-25,30-31,36-38,40,42-87H2,1-5H3/b10-8-,11-9-,16-14-,17-15-,22-20-,23-21-,28-26-,29-27-,34-32-,35-33-,41-39-. The zero-order chi connectivity index (χ0) is 73.2. The summed E-state index contributed by atoms with van der Waals surface area (Å²) in [4.78, 5) is 37.7. The number of allylic oxidation sites excluding steroid dienone is 22. The average Bonchev–Trinajstić information content (AvgIpc) is 1.25. The number of nitrogens with zero attached hydrogens (tertiary/aromatic N) is 1. The molecule has 0 fully saturated rings. The maximum Gasteiger partial charge on any atom is 0.306 e. The Hall–Kier alpha value is -4.57. The van der Waals surface area contributed by atoms with Gasteiger partial charge in [0.1, 0.15) is 13.2 Å². The van der Waals surface area contributed by atoms with Gasteiger partial charge in [-0.05, 0) is 109 Å². The van der Waals surface area contributed by atoms with Crippen molar-refractivity contribution in [3.8, 4) is 0 Å².